The highest BCUT2D eigenvalue weighted by atomic mass is 79.9. The molecule has 9 heteroatoms. The second-order valence-corrected chi connectivity index (χ2v) is 9.72. The highest BCUT2D eigenvalue weighted by Gasteiger charge is 2.28. The van der Waals surface area contributed by atoms with Gasteiger partial charge in [0.15, 0.2) is 6.61 Å². The molecule has 1 N–H and O–H groups in total. The van der Waals surface area contributed by atoms with Crippen LogP contribution in [0.15, 0.2) is 45.8 Å². The molecule has 1 saturated heterocycles. The van der Waals surface area contributed by atoms with Crippen molar-refractivity contribution in [1.29, 1.82) is 0 Å². The zero-order valence-electron chi connectivity index (χ0n) is 17.0. The Morgan fingerprint density at radius 1 is 1.13 bits per heavy atom. The second-order valence-electron chi connectivity index (χ2n) is 6.93. The number of hydrogen-bond acceptors (Lipinski definition) is 5. The third-order valence-electron chi connectivity index (χ3n) is 4.91. The van der Waals surface area contributed by atoms with E-state index in [0.717, 1.165) is 29.3 Å². The van der Waals surface area contributed by atoms with Crippen LogP contribution >= 0.6 is 15.9 Å². The number of hydrogen-bond donors (Lipinski definition) is 1. The fraction of sp³-hybridized carbons (Fsp3) is 0.381. The molecule has 0 saturated carbocycles. The van der Waals surface area contributed by atoms with Crippen LogP contribution < -0.4 is 14.8 Å². The summed E-state index contributed by atoms with van der Waals surface area (Å²) in [5, 5.41) is 2.69. The Hall–Kier alpha value is -2.10. The molecule has 0 atom stereocenters. The van der Waals surface area contributed by atoms with E-state index in [1.165, 1.54) is 23.5 Å². The van der Waals surface area contributed by atoms with E-state index in [2.05, 4.69) is 28.2 Å². The van der Waals surface area contributed by atoms with Crippen LogP contribution in [0.1, 0.15) is 25.3 Å². The van der Waals surface area contributed by atoms with Crippen molar-refractivity contribution in [2.75, 3.05) is 32.1 Å². The molecular formula is C21H25BrN2O5S. The maximum absolute atomic E-state index is 12.8. The predicted molar refractivity (Wildman–Crippen MR) is 119 cm³/mol. The van der Waals surface area contributed by atoms with Gasteiger partial charge in [0, 0.05) is 13.1 Å². The van der Waals surface area contributed by atoms with Gasteiger partial charge in [-0.25, -0.2) is 8.42 Å². The molecule has 1 fully saturated rings. The summed E-state index contributed by atoms with van der Waals surface area (Å²) in [4.78, 5) is 12.6. The zero-order chi connectivity index (χ0) is 21.7. The van der Waals surface area contributed by atoms with Gasteiger partial charge in [-0.15, -0.1) is 0 Å². The Balaban J connectivity index is 1.72. The third-order valence-corrected chi connectivity index (χ3v) is 7.43. The van der Waals surface area contributed by atoms with Crippen LogP contribution in [0.25, 0.3) is 0 Å². The first-order valence-corrected chi connectivity index (χ1v) is 12.0. The van der Waals surface area contributed by atoms with Crippen LogP contribution in [0.2, 0.25) is 0 Å². The molecule has 0 aliphatic carbocycles. The van der Waals surface area contributed by atoms with Gasteiger partial charge in [0.05, 0.1) is 22.2 Å². The van der Waals surface area contributed by atoms with Crippen molar-refractivity contribution < 1.29 is 22.7 Å². The van der Waals surface area contributed by atoms with Gasteiger partial charge >= 0.3 is 0 Å². The zero-order valence-corrected chi connectivity index (χ0v) is 19.4. The molecule has 2 aromatic rings. The van der Waals surface area contributed by atoms with Gasteiger partial charge in [-0.1, -0.05) is 13.0 Å². The van der Waals surface area contributed by atoms with Crippen LogP contribution in [-0.4, -0.2) is 45.4 Å². The summed E-state index contributed by atoms with van der Waals surface area (Å²) < 4.78 is 38.7. The smallest absolute Gasteiger partial charge is 0.262 e. The van der Waals surface area contributed by atoms with Gasteiger partial charge in [0.1, 0.15) is 11.5 Å². The van der Waals surface area contributed by atoms with Gasteiger partial charge in [-0.2, -0.15) is 4.31 Å². The maximum atomic E-state index is 12.8. The average Bonchev–Trinajstić information content (AvgIpc) is 3.28. The molecule has 1 amide bonds. The number of sulfonamides is 1. The quantitative estimate of drug-likeness (QED) is 0.600. The maximum Gasteiger partial charge on any atom is 0.262 e. The summed E-state index contributed by atoms with van der Waals surface area (Å²) in [6.07, 6.45) is 2.60. The number of ether oxygens (including phenoxy) is 2. The first-order valence-electron chi connectivity index (χ1n) is 9.74. The van der Waals surface area contributed by atoms with Gasteiger partial charge in [0.2, 0.25) is 10.0 Å². The van der Waals surface area contributed by atoms with Gasteiger partial charge in [0.25, 0.3) is 5.91 Å². The SMILES string of the molecule is CCc1ccc(OCC(=O)Nc2cc(S(=O)(=O)N3CCCC3)ccc2OC)c(Br)c1. The fourth-order valence-electron chi connectivity index (χ4n) is 3.23. The minimum atomic E-state index is -3.60. The Labute approximate surface area is 185 Å². The second kappa shape index (κ2) is 9.80. The summed E-state index contributed by atoms with van der Waals surface area (Å²) in [6, 6.07) is 10.2. The van der Waals surface area contributed by atoms with E-state index in [0.29, 0.717) is 24.6 Å². The van der Waals surface area contributed by atoms with E-state index >= 15 is 0 Å². The van der Waals surface area contributed by atoms with Crippen molar-refractivity contribution in [2.45, 2.75) is 31.1 Å². The summed E-state index contributed by atoms with van der Waals surface area (Å²) in [5.74, 6) is 0.507. The van der Waals surface area contributed by atoms with Crippen molar-refractivity contribution in [2.24, 2.45) is 0 Å². The molecule has 3 rings (SSSR count). The van der Waals surface area contributed by atoms with E-state index < -0.39 is 15.9 Å². The van der Waals surface area contributed by atoms with Gasteiger partial charge in [-0.3, -0.25) is 4.79 Å². The number of halogens is 1. The van der Waals surface area contributed by atoms with Gasteiger partial charge < -0.3 is 14.8 Å². The summed E-state index contributed by atoms with van der Waals surface area (Å²) >= 11 is 3.44. The Morgan fingerprint density at radius 3 is 2.47 bits per heavy atom. The lowest BCUT2D eigenvalue weighted by Crippen LogP contribution is -2.28. The number of aryl methyl sites for hydroxylation is 1. The molecule has 0 aromatic heterocycles. The number of nitrogens with one attached hydrogen (secondary N) is 1. The summed E-state index contributed by atoms with van der Waals surface area (Å²) in [5.41, 5.74) is 1.44. The average molecular weight is 497 g/mol. The predicted octanol–water partition coefficient (Wildman–Crippen LogP) is 3.82. The standard InChI is InChI=1S/C21H25BrN2O5S/c1-3-15-6-8-19(17(22)12-15)29-14-21(25)23-18-13-16(7-9-20(18)28-2)30(26,27)24-10-4-5-11-24/h6-9,12-13H,3-5,10-11,14H2,1-2H3,(H,23,25). The molecule has 1 aliphatic rings. The molecule has 0 radical (unpaired) electrons. The third kappa shape index (κ3) is 5.14. The van der Waals surface area contributed by atoms with Crippen molar-refractivity contribution in [1.82, 2.24) is 4.31 Å². The lowest BCUT2D eigenvalue weighted by molar-refractivity contribution is -0.118. The first-order chi connectivity index (χ1) is 14.3. The monoisotopic (exact) mass is 496 g/mol. The molecule has 162 valence electrons. The molecule has 2 aromatic carbocycles. The number of anilines is 1. The number of methoxy groups -OCH3 is 1. The highest BCUT2D eigenvalue weighted by molar-refractivity contribution is 9.10. The molecule has 0 spiro atoms. The van der Waals surface area contributed by atoms with Crippen LogP contribution in [0.5, 0.6) is 11.5 Å². The fourth-order valence-corrected chi connectivity index (χ4v) is 5.32. The Morgan fingerprint density at radius 2 is 1.83 bits per heavy atom. The Bertz CT molecular complexity index is 1020. The van der Waals surface area contributed by atoms with Crippen molar-refractivity contribution >= 4 is 37.5 Å². The Kier molecular flexibility index (Phi) is 7.38. The first kappa shape index (κ1) is 22.6. The molecule has 0 bridgehead atoms. The highest BCUT2D eigenvalue weighted by Crippen LogP contribution is 2.30. The topological polar surface area (TPSA) is 84.9 Å². The number of carbonyl (C=O) groups excluding carboxylic acids is 1. The van der Waals surface area contributed by atoms with E-state index in [1.807, 2.05) is 12.1 Å². The molecule has 1 heterocycles. The van der Waals surface area contributed by atoms with Crippen LogP contribution in [-0.2, 0) is 21.2 Å². The van der Waals surface area contributed by atoms with Crippen LogP contribution in [0.4, 0.5) is 5.69 Å². The number of nitrogens with zero attached hydrogens (tertiary/aromatic N) is 1. The van der Waals surface area contributed by atoms with Crippen molar-refractivity contribution in [3.63, 3.8) is 0 Å². The van der Waals surface area contributed by atoms with Gasteiger partial charge in [-0.05, 0) is 71.1 Å². The number of benzene rings is 2. The van der Waals surface area contributed by atoms with Crippen LogP contribution in [0, 0.1) is 0 Å². The van der Waals surface area contributed by atoms with E-state index in [1.54, 1.807) is 12.1 Å². The molecule has 0 unspecified atom stereocenters. The molecule has 7 nitrogen and oxygen atoms in total. The number of rotatable bonds is 8. The molecule has 1 aliphatic heterocycles. The normalized spacial score (nSPS) is 14.5. The largest absolute Gasteiger partial charge is 0.495 e. The lowest BCUT2D eigenvalue weighted by Gasteiger charge is -2.17. The molecular weight excluding hydrogens is 472 g/mol. The molecule has 30 heavy (non-hydrogen) atoms. The lowest BCUT2D eigenvalue weighted by atomic mass is 10.2. The van der Waals surface area contributed by atoms with Crippen molar-refractivity contribution in [3.05, 3.63) is 46.4 Å². The number of carbonyl (C=O) groups is 1. The summed E-state index contributed by atoms with van der Waals surface area (Å²) in [6.45, 7) is 2.85. The van der Waals surface area contributed by atoms with E-state index in [4.69, 9.17) is 9.47 Å². The minimum absolute atomic E-state index is 0.124. The van der Waals surface area contributed by atoms with E-state index in [-0.39, 0.29) is 17.2 Å². The van der Waals surface area contributed by atoms with Crippen molar-refractivity contribution in [3.8, 4) is 11.5 Å². The van der Waals surface area contributed by atoms with E-state index in [9.17, 15) is 13.2 Å². The summed E-state index contributed by atoms with van der Waals surface area (Å²) in [7, 11) is -2.14. The van der Waals surface area contributed by atoms with Crippen LogP contribution in [0.3, 0.4) is 0 Å². The number of amides is 1. The minimum Gasteiger partial charge on any atom is -0.495 e.